The predicted octanol–water partition coefficient (Wildman–Crippen LogP) is 1.47. The van der Waals surface area contributed by atoms with E-state index in [-0.39, 0.29) is 11.5 Å². The second-order valence-corrected chi connectivity index (χ2v) is 7.44. The molecule has 0 bridgehead atoms. The minimum atomic E-state index is -0.210. The molecule has 2 aliphatic heterocycles. The summed E-state index contributed by atoms with van der Waals surface area (Å²) in [6, 6.07) is 1.86. The van der Waals surface area contributed by atoms with Gasteiger partial charge in [0.15, 0.2) is 0 Å². The molecule has 0 atom stereocenters. The molecule has 3 aliphatic rings. The predicted molar refractivity (Wildman–Crippen MR) is 88.8 cm³/mol. The van der Waals surface area contributed by atoms with Crippen molar-refractivity contribution in [1.82, 2.24) is 15.2 Å². The highest BCUT2D eigenvalue weighted by atomic mass is 16.2. The third kappa shape index (κ3) is 2.71. The topological polar surface area (TPSA) is 65.2 Å². The van der Waals surface area contributed by atoms with Gasteiger partial charge in [-0.15, -0.1) is 0 Å². The van der Waals surface area contributed by atoms with E-state index < -0.39 is 0 Å². The van der Waals surface area contributed by atoms with Crippen LogP contribution in [-0.2, 0) is 12.8 Å². The molecule has 0 aromatic carbocycles. The van der Waals surface area contributed by atoms with Crippen LogP contribution in [0.25, 0.3) is 0 Å². The molecule has 0 unspecified atom stereocenters. The standard InChI is InChI=1S/C18H25N3O2/c22-16-14(11-13-3-1-2-4-15(13)20-16)17(23)21-9-6-18(7-10-21)5-8-19-12-18/h11,19H,1-10,12H2,(H,20,22). The van der Waals surface area contributed by atoms with Crippen molar-refractivity contribution in [3.63, 3.8) is 0 Å². The van der Waals surface area contributed by atoms with Crippen LogP contribution in [0, 0.1) is 5.41 Å². The van der Waals surface area contributed by atoms with Crippen LogP contribution in [0.5, 0.6) is 0 Å². The van der Waals surface area contributed by atoms with E-state index >= 15 is 0 Å². The van der Waals surface area contributed by atoms with Gasteiger partial charge in [-0.05, 0) is 68.5 Å². The van der Waals surface area contributed by atoms with Gasteiger partial charge in [-0.2, -0.15) is 0 Å². The lowest BCUT2D eigenvalue weighted by Crippen LogP contribution is -2.45. The van der Waals surface area contributed by atoms with Gasteiger partial charge in [0.1, 0.15) is 5.56 Å². The van der Waals surface area contributed by atoms with Crippen molar-refractivity contribution in [2.24, 2.45) is 5.41 Å². The number of aromatic amines is 1. The van der Waals surface area contributed by atoms with Gasteiger partial charge < -0.3 is 15.2 Å². The Morgan fingerprint density at radius 3 is 2.65 bits per heavy atom. The number of carbonyl (C=O) groups excluding carboxylic acids is 1. The fourth-order valence-corrected chi connectivity index (χ4v) is 4.41. The number of aryl methyl sites for hydroxylation is 2. The first-order chi connectivity index (χ1) is 11.2. The van der Waals surface area contributed by atoms with Gasteiger partial charge in [0.05, 0.1) is 0 Å². The first-order valence-electron chi connectivity index (χ1n) is 8.92. The number of nitrogens with zero attached hydrogens (tertiary/aromatic N) is 1. The molecule has 1 spiro atoms. The van der Waals surface area contributed by atoms with Gasteiger partial charge in [-0.25, -0.2) is 0 Å². The summed E-state index contributed by atoms with van der Waals surface area (Å²) in [6.07, 6.45) is 7.49. The summed E-state index contributed by atoms with van der Waals surface area (Å²) >= 11 is 0. The largest absolute Gasteiger partial charge is 0.338 e. The fourth-order valence-electron chi connectivity index (χ4n) is 4.41. The van der Waals surface area contributed by atoms with Gasteiger partial charge in [-0.3, -0.25) is 9.59 Å². The van der Waals surface area contributed by atoms with Crippen molar-refractivity contribution >= 4 is 5.91 Å². The van der Waals surface area contributed by atoms with E-state index in [1.165, 1.54) is 6.42 Å². The van der Waals surface area contributed by atoms with Gasteiger partial charge in [0, 0.05) is 25.3 Å². The van der Waals surface area contributed by atoms with Gasteiger partial charge in [-0.1, -0.05) is 0 Å². The molecule has 0 radical (unpaired) electrons. The van der Waals surface area contributed by atoms with Crippen LogP contribution >= 0.6 is 0 Å². The Morgan fingerprint density at radius 1 is 1.13 bits per heavy atom. The number of H-pyrrole nitrogens is 1. The van der Waals surface area contributed by atoms with Gasteiger partial charge in [0.2, 0.25) is 0 Å². The minimum absolute atomic E-state index is 0.0829. The summed E-state index contributed by atoms with van der Waals surface area (Å²) in [6.45, 7) is 3.72. The lowest BCUT2D eigenvalue weighted by Gasteiger charge is -2.38. The highest BCUT2D eigenvalue weighted by molar-refractivity contribution is 5.94. The molecule has 5 heteroatoms. The monoisotopic (exact) mass is 315 g/mol. The van der Waals surface area contributed by atoms with E-state index in [9.17, 15) is 9.59 Å². The van der Waals surface area contributed by atoms with Crippen molar-refractivity contribution in [3.05, 3.63) is 33.2 Å². The number of carbonyl (C=O) groups is 1. The van der Waals surface area contributed by atoms with Crippen LogP contribution in [-0.4, -0.2) is 42.0 Å². The highest BCUT2D eigenvalue weighted by Crippen LogP contribution is 2.37. The van der Waals surface area contributed by atoms with Gasteiger partial charge in [0.25, 0.3) is 11.5 Å². The third-order valence-electron chi connectivity index (χ3n) is 6.01. The van der Waals surface area contributed by atoms with Crippen molar-refractivity contribution < 1.29 is 4.79 Å². The molecular formula is C18H25N3O2. The zero-order chi connectivity index (χ0) is 15.9. The highest BCUT2D eigenvalue weighted by Gasteiger charge is 2.38. The van der Waals surface area contributed by atoms with Crippen molar-refractivity contribution in [1.29, 1.82) is 0 Å². The number of pyridine rings is 1. The Kier molecular flexibility index (Phi) is 3.76. The van der Waals surface area contributed by atoms with Crippen LogP contribution in [0.15, 0.2) is 10.9 Å². The van der Waals surface area contributed by atoms with Crippen molar-refractivity contribution in [2.75, 3.05) is 26.2 Å². The summed E-state index contributed by atoms with van der Waals surface area (Å²) < 4.78 is 0. The molecule has 124 valence electrons. The maximum Gasteiger partial charge on any atom is 0.261 e. The van der Waals surface area contributed by atoms with Crippen LogP contribution in [0.2, 0.25) is 0 Å². The summed E-state index contributed by atoms with van der Waals surface area (Å²) in [5, 5.41) is 3.44. The second-order valence-electron chi connectivity index (χ2n) is 7.44. The van der Waals surface area contributed by atoms with E-state index in [0.29, 0.717) is 11.0 Å². The Bertz CT molecular complexity index is 663. The van der Waals surface area contributed by atoms with Crippen molar-refractivity contribution in [2.45, 2.75) is 44.9 Å². The van der Waals surface area contributed by atoms with E-state index in [0.717, 1.165) is 76.0 Å². The number of aromatic nitrogens is 1. The Balaban J connectivity index is 1.52. The Hall–Kier alpha value is -1.62. The summed E-state index contributed by atoms with van der Waals surface area (Å²) in [5.41, 5.74) is 2.71. The summed E-state index contributed by atoms with van der Waals surface area (Å²) in [7, 11) is 0. The number of rotatable bonds is 1. The zero-order valence-corrected chi connectivity index (χ0v) is 13.6. The van der Waals surface area contributed by atoms with E-state index in [4.69, 9.17) is 0 Å². The van der Waals surface area contributed by atoms with Crippen LogP contribution in [0.1, 0.15) is 53.7 Å². The molecule has 2 N–H and O–H groups in total. The van der Waals surface area contributed by atoms with Crippen molar-refractivity contribution in [3.8, 4) is 0 Å². The SMILES string of the molecule is O=C(c1cc2c([nH]c1=O)CCCC2)N1CCC2(CCNC2)CC1. The van der Waals surface area contributed by atoms with E-state index in [1.54, 1.807) is 0 Å². The lowest BCUT2D eigenvalue weighted by molar-refractivity contribution is 0.0605. The van der Waals surface area contributed by atoms with E-state index in [1.807, 2.05) is 11.0 Å². The van der Waals surface area contributed by atoms with Crippen LogP contribution in [0.3, 0.4) is 0 Å². The molecule has 1 aromatic heterocycles. The number of hydrogen-bond donors (Lipinski definition) is 2. The number of piperidine rings is 1. The smallest absolute Gasteiger partial charge is 0.261 e. The zero-order valence-electron chi connectivity index (χ0n) is 13.6. The quantitative estimate of drug-likeness (QED) is 0.825. The fraction of sp³-hybridized carbons (Fsp3) is 0.667. The second kappa shape index (κ2) is 5.78. The lowest BCUT2D eigenvalue weighted by atomic mass is 9.78. The maximum absolute atomic E-state index is 12.8. The number of likely N-dealkylation sites (tertiary alicyclic amines) is 1. The first-order valence-corrected chi connectivity index (χ1v) is 8.92. The third-order valence-corrected chi connectivity index (χ3v) is 6.01. The maximum atomic E-state index is 12.8. The minimum Gasteiger partial charge on any atom is -0.338 e. The Morgan fingerprint density at radius 2 is 1.91 bits per heavy atom. The number of fused-ring (bicyclic) bond motifs is 1. The molecule has 23 heavy (non-hydrogen) atoms. The summed E-state index contributed by atoms with van der Waals surface area (Å²) in [5.74, 6) is -0.0829. The Labute approximate surface area is 136 Å². The number of amides is 1. The average Bonchev–Trinajstić information content (AvgIpc) is 3.02. The van der Waals surface area contributed by atoms with E-state index in [2.05, 4.69) is 10.3 Å². The molecule has 3 heterocycles. The average molecular weight is 315 g/mol. The first kappa shape index (κ1) is 14.9. The molecule has 1 aromatic rings. The van der Waals surface area contributed by atoms with Crippen LogP contribution < -0.4 is 10.9 Å². The molecule has 1 amide bonds. The van der Waals surface area contributed by atoms with Gasteiger partial charge >= 0.3 is 0 Å². The molecule has 5 nitrogen and oxygen atoms in total. The summed E-state index contributed by atoms with van der Waals surface area (Å²) in [4.78, 5) is 29.9. The molecule has 0 saturated carbocycles. The molecule has 1 aliphatic carbocycles. The molecule has 2 saturated heterocycles. The number of nitrogens with one attached hydrogen (secondary N) is 2. The molecule has 4 rings (SSSR count). The normalized spacial score (nSPS) is 23.0. The van der Waals surface area contributed by atoms with Crippen LogP contribution in [0.4, 0.5) is 0 Å². The molecule has 2 fully saturated rings. The number of hydrogen-bond acceptors (Lipinski definition) is 3. The molecular weight excluding hydrogens is 290 g/mol.